The summed E-state index contributed by atoms with van der Waals surface area (Å²) in [5, 5.41) is 7.33. The highest BCUT2D eigenvalue weighted by molar-refractivity contribution is 6.21. The Bertz CT molecular complexity index is 3080. The van der Waals surface area contributed by atoms with E-state index in [1.807, 2.05) is 31.3 Å². The third kappa shape index (κ3) is 7.62. The molecule has 0 atom stereocenters. The highest BCUT2D eigenvalue weighted by Gasteiger charge is 2.19. The standard InChI is InChI=1S/C57H45N3/c1-4-6-8-18-39(3)48(26-7-5-2)54-37-53(43-22-15-21-42(34-43)47-25-17-33-58-38-47)59-57(60-54)46-24-16-23-44(36-46)55-49-27-11-13-29-51(49)56(52-30-14-12-28-50(52)55)45-32-31-40-19-9-10-20-41(40)35-45/h4-6,8-25,27-38H,2,7,26H2,1,3H3/b6-4-,18-8-,48-39-. The minimum Gasteiger partial charge on any atom is -0.264 e. The lowest BCUT2D eigenvalue weighted by Gasteiger charge is -2.18. The van der Waals surface area contributed by atoms with Crippen molar-refractivity contribution in [2.24, 2.45) is 0 Å². The van der Waals surface area contributed by atoms with Crippen molar-refractivity contribution in [3.63, 3.8) is 0 Å². The molecular formula is C57H45N3. The van der Waals surface area contributed by atoms with Gasteiger partial charge in [-0.1, -0.05) is 158 Å². The second-order valence-electron chi connectivity index (χ2n) is 15.1. The Morgan fingerprint density at radius 3 is 1.85 bits per heavy atom. The molecule has 0 unspecified atom stereocenters. The van der Waals surface area contributed by atoms with Crippen LogP contribution < -0.4 is 0 Å². The summed E-state index contributed by atoms with van der Waals surface area (Å²) < 4.78 is 0. The fourth-order valence-electron chi connectivity index (χ4n) is 8.36. The summed E-state index contributed by atoms with van der Waals surface area (Å²) in [5.41, 5.74) is 13.0. The van der Waals surface area contributed by atoms with Gasteiger partial charge in [0.05, 0.1) is 11.4 Å². The highest BCUT2D eigenvalue weighted by Crippen LogP contribution is 2.44. The van der Waals surface area contributed by atoms with Gasteiger partial charge < -0.3 is 0 Å². The molecule has 0 spiro atoms. The van der Waals surface area contributed by atoms with Crippen molar-refractivity contribution in [2.75, 3.05) is 0 Å². The van der Waals surface area contributed by atoms with Gasteiger partial charge in [0.1, 0.15) is 0 Å². The van der Waals surface area contributed by atoms with E-state index in [2.05, 4.69) is 188 Å². The second kappa shape index (κ2) is 17.2. The Kier molecular flexibility index (Phi) is 10.9. The molecule has 60 heavy (non-hydrogen) atoms. The van der Waals surface area contributed by atoms with Crippen molar-refractivity contribution >= 4 is 37.9 Å². The molecule has 0 fully saturated rings. The third-order valence-electron chi connectivity index (χ3n) is 11.3. The van der Waals surface area contributed by atoms with E-state index in [9.17, 15) is 0 Å². The molecule has 3 heteroatoms. The first-order chi connectivity index (χ1) is 29.6. The van der Waals surface area contributed by atoms with Crippen LogP contribution in [-0.2, 0) is 0 Å². The largest absolute Gasteiger partial charge is 0.264 e. The van der Waals surface area contributed by atoms with Crippen LogP contribution in [0.2, 0.25) is 0 Å². The molecule has 0 saturated heterocycles. The summed E-state index contributed by atoms with van der Waals surface area (Å²) in [4.78, 5) is 15.1. The van der Waals surface area contributed by atoms with Crippen molar-refractivity contribution in [1.82, 2.24) is 15.0 Å². The van der Waals surface area contributed by atoms with Crippen LogP contribution in [0.4, 0.5) is 0 Å². The van der Waals surface area contributed by atoms with E-state index in [0.717, 1.165) is 57.6 Å². The SMILES string of the molecule is C=CCC/C(=C(C)/C=C\C=C/C)c1cc(-c2cccc(-c3cccnc3)c2)nc(-c2cccc(-c3c4ccccc4c(-c4ccc5ccccc5c4)c4ccccc34)c2)n1. The molecule has 0 aliphatic carbocycles. The monoisotopic (exact) mass is 771 g/mol. The van der Waals surface area contributed by atoms with Crippen LogP contribution in [-0.4, -0.2) is 15.0 Å². The normalized spacial score (nSPS) is 12.2. The molecule has 0 amide bonds. The van der Waals surface area contributed by atoms with Crippen LogP contribution in [0.5, 0.6) is 0 Å². The third-order valence-corrected chi connectivity index (χ3v) is 11.3. The van der Waals surface area contributed by atoms with Gasteiger partial charge in [-0.25, -0.2) is 9.97 Å². The van der Waals surface area contributed by atoms with E-state index < -0.39 is 0 Å². The first-order valence-corrected chi connectivity index (χ1v) is 20.6. The van der Waals surface area contributed by atoms with E-state index in [4.69, 9.17) is 9.97 Å². The maximum Gasteiger partial charge on any atom is 0.160 e. The zero-order valence-electron chi connectivity index (χ0n) is 34.0. The van der Waals surface area contributed by atoms with E-state index in [1.165, 1.54) is 54.6 Å². The number of allylic oxidation sites excluding steroid dienone is 7. The quantitative estimate of drug-likeness (QED) is 0.0747. The van der Waals surface area contributed by atoms with Gasteiger partial charge in [-0.05, 0) is 128 Å². The lowest BCUT2D eigenvalue weighted by atomic mass is 9.85. The average molecular weight is 772 g/mol. The molecule has 2 aromatic heterocycles. The predicted molar refractivity (Wildman–Crippen MR) is 256 cm³/mol. The molecule has 3 nitrogen and oxygen atoms in total. The van der Waals surface area contributed by atoms with Gasteiger partial charge in [0.25, 0.3) is 0 Å². The molecule has 9 aromatic rings. The summed E-state index contributed by atoms with van der Waals surface area (Å²) in [7, 11) is 0. The molecule has 0 radical (unpaired) electrons. The minimum atomic E-state index is 0.680. The molecule has 288 valence electrons. The van der Waals surface area contributed by atoms with Crippen molar-refractivity contribution < 1.29 is 0 Å². The minimum absolute atomic E-state index is 0.680. The summed E-state index contributed by atoms with van der Waals surface area (Å²) >= 11 is 0. The number of benzene rings is 7. The number of pyridine rings is 1. The van der Waals surface area contributed by atoms with Crippen LogP contribution in [0.1, 0.15) is 32.4 Å². The number of hydrogen-bond acceptors (Lipinski definition) is 3. The lowest BCUT2D eigenvalue weighted by molar-refractivity contribution is 1.04. The summed E-state index contributed by atoms with van der Waals surface area (Å²) in [5.74, 6) is 0.680. The number of aromatic nitrogens is 3. The van der Waals surface area contributed by atoms with Gasteiger partial charge in [0.2, 0.25) is 0 Å². The molecule has 0 N–H and O–H groups in total. The molecule has 0 saturated carbocycles. The van der Waals surface area contributed by atoms with Crippen LogP contribution in [0.15, 0.2) is 213 Å². The van der Waals surface area contributed by atoms with Crippen LogP contribution in [0.25, 0.3) is 93.9 Å². The molecule has 2 heterocycles. The van der Waals surface area contributed by atoms with Gasteiger partial charge in [-0.2, -0.15) is 0 Å². The van der Waals surface area contributed by atoms with E-state index >= 15 is 0 Å². The Morgan fingerprint density at radius 2 is 1.17 bits per heavy atom. The fraction of sp³-hybridized carbons (Fsp3) is 0.0702. The molecule has 9 rings (SSSR count). The van der Waals surface area contributed by atoms with Crippen LogP contribution in [0, 0.1) is 0 Å². The van der Waals surface area contributed by atoms with Crippen molar-refractivity contribution in [1.29, 1.82) is 0 Å². The predicted octanol–water partition coefficient (Wildman–Crippen LogP) is 15.5. The smallest absolute Gasteiger partial charge is 0.160 e. The maximum absolute atomic E-state index is 5.39. The Hall–Kier alpha value is -7.49. The zero-order chi connectivity index (χ0) is 40.8. The van der Waals surface area contributed by atoms with Gasteiger partial charge in [-0.3, -0.25) is 4.98 Å². The van der Waals surface area contributed by atoms with Crippen molar-refractivity contribution in [3.05, 3.63) is 218 Å². The second-order valence-corrected chi connectivity index (χ2v) is 15.1. The van der Waals surface area contributed by atoms with E-state index in [0.29, 0.717) is 5.82 Å². The lowest BCUT2D eigenvalue weighted by Crippen LogP contribution is -2.00. The van der Waals surface area contributed by atoms with E-state index in [-0.39, 0.29) is 0 Å². The first-order valence-electron chi connectivity index (χ1n) is 20.6. The Morgan fingerprint density at radius 1 is 0.550 bits per heavy atom. The topological polar surface area (TPSA) is 38.7 Å². The van der Waals surface area contributed by atoms with Gasteiger partial charge in [0.15, 0.2) is 5.82 Å². The number of fused-ring (bicyclic) bond motifs is 3. The first kappa shape index (κ1) is 38.1. The zero-order valence-corrected chi connectivity index (χ0v) is 34.0. The Labute approximate surface area is 352 Å². The van der Waals surface area contributed by atoms with Crippen LogP contribution in [0.3, 0.4) is 0 Å². The summed E-state index contributed by atoms with van der Waals surface area (Å²) in [6, 6.07) is 56.6. The molecule has 0 aliphatic rings. The highest BCUT2D eigenvalue weighted by atomic mass is 14.9. The molecular weight excluding hydrogens is 727 g/mol. The van der Waals surface area contributed by atoms with Crippen LogP contribution >= 0.6 is 0 Å². The van der Waals surface area contributed by atoms with Crippen molar-refractivity contribution in [3.8, 4) is 56.0 Å². The Balaban J connectivity index is 1.25. The number of nitrogens with zero attached hydrogens (tertiary/aromatic N) is 3. The molecule has 7 aromatic carbocycles. The summed E-state index contributed by atoms with van der Waals surface area (Å²) in [6.07, 6.45) is 15.7. The van der Waals surface area contributed by atoms with Gasteiger partial charge in [-0.15, -0.1) is 6.58 Å². The maximum atomic E-state index is 5.39. The fourth-order valence-corrected chi connectivity index (χ4v) is 8.36. The summed E-state index contributed by atoms with van der Waals surface area (Å²) in [6.45, 7) is 8.26. The van der Waals surface area contributed by atoms with Gasteiger partial charge >= 0.3 is 0 Å². The average Bonchev–Trinajstić information content (AvgIpc) is 3.31. The van der Waals surface area contributed by atoms with E-state index in [1.54, 1.807) is 6.20 Å². The number of rotatable bonds is 11. The number of hydrogen-bond donors (Lipinski definition) is 0. The molecule has 0 aliphatic heterocycles. The van der Waals surface area contributed by atoms with Gasteiger partial charge in [0, 0.05) is 29.1 Å². The molecule has 0 bridgehead atoms. The van der Waals surface area contributed by atoms with Crippen molar-refractivity contribution in [2.45, 2.75) is 26.7 Å².